The van der Waals surface area contributed by atoms with Crippen molar-refractivity contribution in [3.63, 3.8) is 0 Å². The van der Waals surface area contributed by atoms with E-state index in [-0.39, 0.29) is 12.3 Å². The summed E-state index contributed by atoms with van der Waals surface area (Å²) >= 11 is 0. The fraction of sp³-hybridized carbons (Fsp3) is 0.692. The molecule has 102 valence electrons. The van der Waals surface area contributed by atoms with E-state index >= 15 is 0 Å². The molecule has 0 fully saturated rings. The summed E-state index contributed by atoms with van der Waals surface area (Å²) in [5.74, 6) is 0.816. The van der Waals surface area contributed by atoms with Crippen molar-refractivity contribution in [2.45, 2.75) is 51.7 Å². The van der Waals surface area contributed by atoms with E-state index in [4.69, 9.17) is 11.5 Å². The number of hydrogen-bond donors (Lipinski definition) is 3. The number of carboxylic acids is 1. The molecule has 1 amide bonds. The van der Waals surface area contributed by atoms with Crippen LogP contribution in [0.25, 0.3) is 0 Å². The minimum atomic E-state index is -1.17. The van der Waals surface area contributed by atoms with Gasteiger partial charge in [-0.3, -0.25) is 4.79 Å². The normalized spacial score (nSPS) is 13.7. The number of aliphatic carboxylic acids is 1. The fourth-order valence-electron chi connectivity index (χ4n) is 1.49. The first-order valence-corrected chi connectivity index (χ1v) is 6.03. The van der Waals surface area contributed by atoms with E-state index in [9.17, 15) is 14.7 Å². The maximum Gasteiger partial charge on any atom is 0.326 e. The van der Waals surface area contributed by atoms with Crippen LogP contribution in [0.5, 0.6) is 0 Å². The second-order valence-corrected chi connectivity index (χ2v) is 4.64. The van der Waals surface area contributed by atoms with Gasteiger partial charge in [0.1, 0.15) is 12.1 Å². The van der Waals surface area contributed by atoms with Crippen LogP contribution < -0.4 is 5.32 Å². The van der Waals surface area contributed by atoms with E-state index in [1.807, 2.05) is 13.8 Å². The van der Waals surface area contributed by atoms with Gasteiger partial charge >= 0.3 is 5.97 Å². The zero-order valence-corrected chi connectivity index (χ0v) is 10.8. The zero-order valence-electron chi connectivity index (χ0n) is 10.8. The molecule has 3 N–H and O–H groups in total. The summed E-state index contributed by atoms with van der Waals surface area (Å²) in [6.45, 7) is 3.75. The Bertz CT molecular complexity index is 319. The van der Waals surface area contributed by atoms with Gasteiger partial charge in [-0.05, 0) is 25.2 Å². The molecule has 0 saturated carbocycles. The van der Waals surface area contributed by atoms with Crippen molar-refractivity contribution >= 4 is 11.9 Å². The molecule has 5 nitrogen and oxygen atoms in total. The number of carbonyl (C=O) groups excluding carboxylic acids is 1. The molecule has 0 aliphatic carbocycles. The van der Waals surface area contributed by atoms with E-state index in [2.05, 4.69) is 11.2 Å². The number of hydrogen-bond acceptors (Lipinski definition) is 3. The van der Waals surface area contributed by atoms with Gasteiger partial charge in [-0.25, -0.2) is 4.79 Å². The third kappa shape index (κ3) is 6.92. The highest BCUT2D eigenvalue weighted by atomic mass is 16.4. The number of terminal acetylenes is 1. The van der Waals surface area contributed by atoms with Gasteiger partial charge in [0.25, 0.3) is 0 Å². The summed E-state index contributed by atoms with van der Waals surface area (Å²) in [6, 6.07) is -0.993. The van der Waals surface area contributed by atoms with Crippen molar-refractivity contribution in [2.75, 3.05) is 0 Å². The molecule has 0 spiro atoms. The molecule has 0 heterocycles. The van der Waals surface area contributed by atoms with E-state index < -0.39 is 24.0 Å². The van der Waals surface area contributed by atoms with Gasteiger partial charge in [0.05, 0.1) is 0 Å². The standard InChI is InChI=1S/C13H21NO4/c1-4-5-6-7-10(13(17)18)14-12(16)11(15)8-9(2)3/h1,9-11,15H,5-8H2,2-3H3,(H,14,16)(H,17,18)/t10-,11-/m0/s1. The van der Waals surface area contributed by atoms with Crippen LogP contribution in [0.2, 0.25) is 0 Å². The average Bonchev–Trinajstić information content (AvgIpc) is 2.26. The van der Waals surface area contributed by atoms with Gasteiger partial charge in [-0.2, -0.15) is 0 Å². The Hall–Kier alpha value is -1.54. The smallest absolute Gasteiger partial charge is 0.326 e. The first-order chi connectivity index (χ1) is 8.38. The lowest BCUT2D eigenvalue weighted by Gasteiger charge is -2.17. The van der Waals surface area contributed by atoms with Crippen molar-refractivity contribution in [1.82, 2.24) is 5.32 Å². The number of unbranched alkanes of at least 4 members (excludes halogenated alkanes) is 1. The quantitative estimate of drug-likeness (QED) is 0.441. The maximum absolute atomic E-state index is 11.6. The van der Waals surface area contributed by atoms with Crippen molar-refractivity contribution in [2.24, 2.45) is 5.92 Å². The van der Waals surface area contributed by atoms with Crippen molar-refractivity contribution in [3.05, 3.63) is 0 Å². The highest BCUT2D eigenvalue weighted by molar-refractivity contribution is 5.86. The van der Waals surface area contributed by atoms with Crippen LogP contribution in [-0.2, 0) is 9.59 Å². The maximum atomic E-state index is 11.6. The van der Waals surface area contributed by atoms with Crippen LogP contribution >= 0.6 is 0 Å². The monoisotopic (exact) mass is 255 g/mol. The van der Waals surface area contributed by atoms with Gasteiger partial charge in [-0.15, -0.1) is 12.3 Å². The highest BCUT2D eigenvalue weighted by Gasteiger charge is 2.23. The molecule has 0 aliphatic rings. The Labute approximate surface area is 108 Å². The van der Waals surface area contributed by atoms with Crippen LogP contribution in [0.1, 0.15) is 39.5 Å². The first kappa shape index (κ1) is 16.5. The van der Waals surface area contributed by atoms with Gasteiger partial charge in [0.2, 0.25) is 5.91 Å². The molecule has 0 aromatic rings. The molecule has 2 atom stereocenters. The fourth-order valence-corrected chi connectivity index (χ4v) is 1.49. The molecule has 0 aromatic heterocycles. The molecule has 0 saturated heterocycles. The van der Waals surface area contributed by atoms with E-state index in [0.29, 0.717) is 19.3 Å². The Morgan fingerprint density at radius 1 is 1.39 bits per heavy atom. The van der Waals surface area contributed by atoms with E-state index in [0.717, 1.165) is 0 Å². The van der Waals surface area contributed by atoms with Crippen molar-refractivity contribution in [1.29, 1.82) is 0 Å². The summed E-state index contributed by atoms with van der Waals surface area (Å²) in [4.78, 5) is 22.5. The van der Waals surface area contributed by atoms with Crippen LogP contribution in [0.15, 0.2) is 0 Å². The second kappa shape index (κ2) is 8.54. The minimum absolute atomic E-state index is 0.162. The molecule has 0 rings (SSSR count). The van der Waals surface area contributed by atoms with Crippen LogP contribution in [0, 0.1) is 18.3 Å². The molecular weight excluding hydrogens is 234 g/mol. The predicted molar refractivity (Wildman–Crippen MR) is 67.7 cm³/mol. The Morgan fingerprint density at radius 3 is 2.44 bits per heavy atom. The summed E-state index contributed by atoms with van der Waals surface area (Å²) in [6.07, 6.45) is 5.46. The summed E-state index contributed by atoms with van der Waals surface area (Å²) in [5.41, 5.74) is 0. The average molecular weight is 255 g/mol. The van der Waals surface area contributed by atoms with Gasteiger partial charge in [0, 0.05) is 6.42 Å². The van der Waals surface area contributed by atoms with E-state index in [1.54, 1.807) is 0 Å². The molecular formula is C13H21NO4. The number of rotatable bonds is 8. The van der Waals surface area contributed by atoms with Crippen LogP contribution in [0.4, 0.5) is 0 Å². The summed E-state index contributed by atoms with van der Waals surface area (Å²) < 4.78 is 0. The number of carbonyl (C=O) groups is 2. The number of aliphatic hydroxyl groups excluding tert-OH is 1. The van der Waals surface area contributed by atoms with Crippen molar-refractivity contribution < 1.29 is 19.8 Å². The molecule has 18 heavy (non-hydrogen) atoms. The van der Waals surface area contributed by atoms with Crippen molar-refractivity contribution in [3.8, 4) is 12.3 Å². The number of carboxylic acid groups (broad SMARTS) is 1. The molecule has 0 radical (unpaired) electrons. The number of nitrogens with one attached hydrogen (secondary N) is 1. The van der Waals surface area contributed by atoms with Gasteiger partial charge in [-0.1, -0.05) is 13.8 Å². The molecule has 0 aliphatic heterocycles. The third-order valence-corrected chi connectivity index (χ3v) is 2.43. The SMILES string of the molecule is C#CCCC[C@H](NC(=O)[C@@H](O)CC(C)C)C(=O)O. The molecule has 0 bridgehead atoms. The number of aliphatic hydroxyl groups is 1. The first-order valence-electron chi connectivity index (χ1n) is 6.03. The third-order valence-electron chi connectivity index (χ3n) is 2.43. The van der Waals surface area contributed by atoms with Crippen LogP contribution in [0.3, 0.4) is 0 Å². The Morgan fingerprint density at radius 2 is 2.00 bits per heavy atom. The lowest BCUT2D eigenvalue weighted by Crippen LogP contribution is -2.45. The molecule has 0 unspecified atom stereocenters. The lowest BCUT2D eigenvalue weighted by atomic mass is 10.0. The Kier molecular flexibility index (Phi) is 7.81. The van der Waals surface area contributed by atoms with Crippen LogP contribution in [-0.4, -0.2) is 34.2 Å². The largest absolute Gasteiger partial charge is 0.480 e. The minimum Gasteiger partial charge on any atom is -0.480 e. The van der Waals surface area contributed by atoms with E-state index in [1.165, 1.54) is 0 Å². The number of amides is 1. The lowest BCUT2D eigenvalue weighted by molar-refractivity contribution is -0.143. The van der Waals surface area contributed by atoms with Gasteiger partial charge < -0.3 is 15.5 Å². The predicted octanol–water partition coefficient (Wildman–Crippen LogP) is 0.766. The van der Waals surface area contributed by atoms with Gasteiger partial charge in [0.15, 0.2) is 0 Å². The highest BCUT2D eigenvalue weighted by Crippen LogP contribution is 2.06. The molecule has 5 heteroatoms. The summed E-state index contributed by atoms with van der Waals surface area (Å²) in [5, 5.41) is 20.8. The molecule has 0 aromatic carbocycles. The summed E-state index contributed by atoms with van der Waals surface area (Å²) in [7, 11) is 0. The second-order valence-electron chi connectivity index (χ2n) is 4.64. The zero-order chi connectivity index (χ0) is 14.1. The topological polar surface area (TPSA) is 86.6 Å². The Balaban J connectivity index is 4.27.